The smallest absolute Gasteiger partial charge is 0.292 e. The molecule has 2 aliphatic rings. The molecule has 2 fully saturated rings. The number of carbonyl (C=O) groups is 1. The van der Waals surface area contributed by atoms with E-state index in [1.807, 2.05) is 20.8 Å². The third kappa shape index (κ3) is 4.08. The molecule has 0 bridgehead atoms. The van der Waals surface area contributed by atoms with Crippen LogP contribution in [0.3, 0.4) is 0 Å². The molecule has 0 saturated carbocycles. The first kappa shape index (κ1) is 20.1. The Bertz CT molecular complexity index is 922. The van der Waals surface area contributed by atoms with Crippen LogP contribution in [0.15, 0.2) is 48.5 Å². The van der Waals surface area contributed by atoms with Crippen molar-refractivity contribution in [3.63, 3.8) is 0 Å². The molecule has 0 spiro atoms. The van der Waals surface area contributed by atoms with Gasteiger partial charge in [-0.2, -0.15) is 0 Å². The second-order valence-electron chi connectivity index (χ2n) is 7.77. The van der Waals surface area contributed by atoms with Gasteiger partial charge in [0.15, 0.2) is 0 Å². The summed E-state index contributed by atoms with van der Waals surface area (Å²) in [7, 11) is 0. The Balaban J connectivity index is 1.32. The van der Waals surface area contributed by atoms with E-state index >= 15 is 0 Å². The number of amides is 1. The van der Waals surface area contributed by atoms with E-state index in [4.69, 9.17) is 0 Å². The third-order valence-electron chi connectivity index (χ3n) is 6.05. The van der Waals surface area contributed by atoms with Crippen LogP contribution in [0.4, 0.5) is 21.5 Å². The maximum absolute atomic E-state index is 14.0. The van der Waals surface area contributed by atoms with Gasteiger partial charge in [-0.05, 0) is 31.0 Å². The van der Waals surface area contributed by atoms with Gasteiger partial charge in [0, 0.05) is 51.3 Å². The van der Waals surface area contributed by atoms with Gasteiger partial charge in [-0.1, -0.05) is 24.3 Å². The lowest BCUT2D eigenvalue weighted by Crippen LogP contribution is -2.52. The Labute approximate surface area is 174 Å². The van der Waals surface area contributed by atoms with Crippen LogP contribution in [0.25, 0.3) is 0 Å². The number of hydrogen-bond acceptors (Lipinski definition) is 5. The summed E-state index contributed by atoms with van der Waals surface area (Å²) >= 11 is 0. The maximum atomic E-state index is 14.0. The minimum atomic E-state index is -0.359. The molecule has 0 aliphatic carbocycles. The summed E-state index contributed by atoms with van der Waals surface area (Å²) in [4.78, 5) is 29.8. The number of hydrogen-bond donors (Lipinski definition) is 0. The van der Waals surface area contributed by atoms with Gasteiger partial charge in [0.2, 0.25) is 5.91 Å². The molecule has 7 nitrogen and oxygen atoms in total. The highest BCUT2D eigenvalue weighted by Gasteiger charge is 2.32. The molecule has 4 rings (SSSR count). The van der Waals surface area contributed by atoms with Crippen LogP contribution in [0.1, 0.15) is 12.8 Å². The Morgan fingerprint density at radius 3 is 2.07 bits per heavy atom. The molecule has 0 atom stereocenters. The van der Waals surface area contributed by atoms with Crippen LogP contribution >= 0.6 is 0 Å². The van der Waals surface area contributed by atoms with E-state index in [1.54, 1.807) is 30.3 Å². The van der Waals surface area contributed by atoms with Crippen LogP contribution in [0, 0.1) is 21.8 Å². The highest BCUT2D eigenvalue weighted by atomic mass is 19.1. The molecule has 0 aromatic heterocycles. The predicted octanol–water partition coefficient (Wildman–Crippen LogP) is 3.30. The number of nitrogens with zero attached hydrogens (tertiary/aromatic N) is 4. The number of carbonyl (C=O) groups excluding carboxylic acids is 1. The van der Waals surface area contributed by atoms with E-state index in [0.717, 1.165) is 0 Å². The molecular formula is C22H25FN4O3. The highest BCUT2D eigenvalue weighted by Crippen LogP contribution is 2.32. The molecule has 0 radical (unpaired) electrons. The number of anilines is 2. The summed E-state index contributed by atoms with van der Waals surface area (Å²) in [5, 5.41) is 11.3. The van der Waals surface area contributed by atoms with Gasteiger partial charge in [0.1, 0.15) is 11.5 Å². The number of piperidine rings is 1. The number of nitro groups is 1. The predicted molar refractivity (Wildman–Crippen MR) is 113 cm³/mol. The summed E-state index contributed by atoms with van der Waals surface area (Å²) in [6.07, 6.45) is 1.36. The van der Waals surface area contributed by atoms with Crippen molar-refractivity contribution in [3.05, 3.63) is 64.5 Å². The quantitative estimate of drug-likeness (QED) is 0.569. The van der Waals surface area contributed by atoms with Gasteiger partial charge >= 0.3 is 0 Å². The van der Waals surface area contributed by atoms with Crippen molar-refractivity contribution >= 4 is 23.0 Å². The molecule has 8 heteroatoms. The van der Waals surface area contributed by atoms with Crippen LogP contribution in [-0.2, 0) is 4.79 Å². The average molecular weight is 412 g/mol. The second kappa shape index (κ2) is 8.69. The standard InChI is InChI=1S/C22H25FN4O3/c23-18-5-1-2-6-19(18)25-13-15-26(16-14-25)22(28)17-9-11-24(12-10-17)20-7-3-4-8-21(20)27(29)30/h1-8,17H,9-16H2. The summed E-state index contributed by atoms with van der Waals surface area (Å²) < 4.78 is 14.0. The molecule has 0 unspecified atom stereocenters. The lowest BCUT2D eigenvalue weighted by Gasteiger charge is -2.39. The van der Waals surface area contributed by atoms with Crippen LogP contribution < -0.4 is 9.80 Å². The first-order valence-corrected chi connectivity index (χ1v) is 10.3. The molecular weight excluding hydrogens is 387 g/mol. The summed E-state index contributed by atoms with van der Waals surface area (Å²) in [5.74, 6) is -0.158. The van der Waals surface area contributed by atoms with Gasteiger partial charge in [-0.3, -0.25) is 14.9 Å². The monoisotopic (exact) mass is 412 g/mol. The van der Waals surface area contributed by atoms with Crippen molar-refractivity contribution < 1.29 is 14.1 Å². The van der Waals surface area contributed by atoms with E-state index in [9.17, 15) is 19.3 Å². The van der Waals surface area contributed by atoms with Gasteiger partial charge < -0.3 is 14.7 Å². The first-order chi connectivity index (χ1) is 14.5. The average Bonchev–Trinajstić information content (AvgIpc) is 2.79. The minimum absolute atomic E-state index is 0.0657. The topological polar surface area (TPSA) is 69.9 Å². The fourth-order valence-corrected chi connectivity index (χ4v) is 4.39. The molecule has 1 amide bonds. The third-order valence-corrected chi connectivity index (χ3v) is 6.05. The molecule has 2 aromatic rings. The second-order valence-corrected chi connectivity index (χ2v) is 7.77. The zero-order valence-corrected chi connectivity index (χ0v) is 16.7. The Morgan fingerprint density at radius 2 is 1.43 bits per heavy atom. The Kier molecular flexibility index (Phi) is 5.83. The molecule has 0 N–H and O–H groups in total. The van der Waals surface area contributed by atoms with Gasteiger partial charge in [-0.25, -0.2) is 4.39 Å². The number of piperazine rings is 1. The van der Waals surface area contributed by atoms with Crippen molar-refractivity contribution in [3.8, 4) is 0 Å². The van der Waals surface area contributed by atoms with Crippen molar-refractivity contribution in [2.24, 2.45) is 5.92 Å². The fourth-order valence-electron chi connectivity index (χ4n) is 4.39. The molecule has 2 heterocycles. The zero-order valence-electron chi connectivity index (χ0n) is 16.7. The minimum Gasteiger partial charge on any atom is -0.366 e. The highest BCUT2D eigenvalue weighted by molar-refractivity contribution is 5.79. The number of nitro benzene ring substituents is 1. The van der Waals surface area contributed by atoms with Crippen LogP contribution in [0.5, 0.6) is 0 Å². The Morgan fingerprint density at radius 1 is 0.867 bits per heavy atom. The lowest BCUT2D eigenvalue weighted by molar-refractivity contribution is -0.384. The summed E-state index contributed by atoms with van der Waals surface area (Å²) in [5.41, 5.74) is 1.31. The molecule has 2 aliphatic heterocycles. The molecule has 2 aromatic carbocycles. The van der Waals surface area contributed by atoms with Gasteiger partial charge in [-0.15, -0.1) is 0 Å². The lowest BCUT2D eigenvalue weighted by atomic mass is 9.94. The molecule has 158 valence electrons. The fraction of sp³-hybridized carbons (Fsp3) is 0.409. The van der Waals surface area contributed by atoms with Gasteiger partial charge in [0.05, 0.1) is 10.6 Å². The molecule has 2 saturated heterocycles. The van der Waals surface area contributed by atoms with Crippen LogP contribution in [0.2, 0.25) is 0 Å². The zero-order chi connectivity index (χ0) is 21.1. The molecule has 30 heavy (non-hydrogen) atoms. The van der Waals surface area contributed by atoms with Crippen molar-refractivity contribution in [2.45, 2.75) is 12.8 Å². The number of benzene rings is 2. The van der Waals surface area contributed by atoms with E-state index in [1.165, 1.54) is 12.1 Å². The SMILES string of the molecule is O=C(C1CCN(c2ccccc2[N+](=O)[O-])CC1)N1CCN(c2ccccc2F)CC1. The summed E-state index contributed by atoms with van der Waals surface area (Å²) in [6, 6.07) is 13.5. The maximum Gasteiger partial charge on any atom is 0.292 e. The van der Waals surface area contributed by atoms with E-state index in [0.29, 0.717) is 63.5 Å². The largest absolute Gasteiger partial charge is 0.366 e. The van der Waals surface area contributed by atoms with Crippen molar-refractivity contribution in [2.75, 3.05) is 49.1 Å². The number of halogens is 1. The normalized spacial score (nSPS) is 17.8. The summed E-state index contributed by atoms with van der Waals surface area (Å²) in [6.45, 7) is 3.63. The Hall–Kier alpha value is -3.16. The first-order valence-electron chi connectivity index (χ1n) is 10.3. The van der Waals surface area contributed by atoms with Crippen molar-refractivity contribution in [1.29, 1.82) is 0 Å². The van der Waals surface area contributed by atoms with E-state index in [-0.39, 0.29) is 28.3 Å². The van der Waals surface area contributed by atoms with E-state index in [2.05, 4.69) is 0 Å². The number of para-hydroxylation sites is 3. The number of rotatable bonds is 4. The van der Waals surface area contributed by atoms with E-state index < -0.39 is 0 Å². The van der Waals surface area contributed by atoms with Crippen LogP contribution in [-0.4, -0.2) is 55.0 Å². The van der Waals surface area contributed by atoms with Crippen molar-refractivity contribution in [1.82, 2.24) is 4.90 Å². The van der Waals surface area contributed by atoms with Gasteiger partial charge in [0.25, 0.3) is 5.69 Å².